The van der Waals surface area contributed by atoms with Crippen molar-refractivity contribution in [1.82, 2.24) is 19.9 Å². The number of ether oxygens (including phenoxy) is 1. The molecule has 188 valence electrons. The van der Waals surface area contributed by atoms with Crippen LogP contribution < -0.4 is 4.74 Å². The quantitative estimate of drug-likeness (QED) is 0.208. The van der Waals surface area contributed by atoms with E-state index in [0.29, 0.717) is 35.4 Å². The number of unbranched alkanes of at least 4 members (excludes halogenated alkanes) is 3. The highest BCUT2D eigenvalue weighted by Crippen LogP contribution is 2.32. The first-order chi connectivity index (χ1) is 18.2. The summed E-state index contributed by atoms with van der Waals surface area (Å²) in [6.45, 7) is 2.83. The number of nitrogens with one attached hydrogen (secondary N) is 1. The van der Waals surface area contributed by atoms with E-state index < -0.39 is 0 Å². The van der Waals surface area contributed by atoms with E-state index in [1.807, 2.05) is 91.3 Å². The number of benzene rings is 3. The second kappa shape index (κ2) is 13.6. The molecular weight excluding hydrogens is 460 g/mol. The third kappa shape index (κ3) is 7.51. The second-order valence-electron chi connectivity index (χ2n) is 8.51. The number of phenolic OH excluding ortho intramolecular Hbond substituents is 1. The van der Waals surface area contributed by atoms with Crippen molar-refractivity contribution in [3.05, 3.63) is 103 Å². The van der Waals surface area contributed by atoms with E-state index in [1.54, 1.807) is 12.1 Å². The maximum Gasteiger partial charge on any atom is 0.167 e. The molecule has 3 aromatic carbocycles. The fourth-order valence-electron chi connectivity index (χ4n) is 3.72. The zero-order chi connectivity index (χ0) is 25.7. The summed E-state index contributed by atoms with van der Waals surface area (Å²) in [5, 5.41) is 10.7. The first-order valence-corrected chi connectivity index (χ1v) is 12.7. The fraction of sp³-hybridized carbons (Fsp3) is 0.194. The number of H-pyrrole nitrogens is 1. The van der Waals surface area contributed by atoms with Gasteiger partial charge in [0.15, 0.2) is 17.5 Å². The molecule has 0 saturated carbocycles. The number of aromatic hydroxyl groups is 1. The normalized spacial score (nSPS) is 10.4. The topological polar surface area (TPSA) is 83.9 Å². The molecule has 37 heavy (non-hydrogen) atoms. The van der Waals surface area contributed by atoms with E-state index in [-0.39, 0.29) is 5.75 Å². The van der Waals surface area contributed by atoms with Gasteiger partial charge in [-0.15, -0.1) is 0 Å². The zero-order valence-electron chi connectivity index (χ0n) is 21.0. The highest BCUT2D eigenvalue weighted by Gasteiger charge is 2.15. The summed E-state index contributed by atoms with van der Waals surface area (Å²) in [5.74, 6) is 2.27. The fourth-order valence-corrected chi connectivity index (χ4v) is 3.72. The van der Waals surface area contributed by atoms with Gasteiger partial charge in [0.2, 0.25) is 0 Å². The Labute approximate surface area is 218 Å². The Morgan fingerprint density at radius 3 is 1.78 bits per heavy atom. The lowest BCUT2D eigenvalue weighted by molar-refractivity contribution is 0.303. The van der Waals surface area contributed by atoms with Crippen LogP contribution in [0.4, 0.5) is 0 Å². The summed E-state index contributed by atoms with van der Waals surface area (Å²) in [5.41, 5.74) is 2.32. The molecule has 0 amide bonds. The third-order valence-electron chi connectivity index (χ3n) is 5.67. The molecule has 0 aliphatic rings. The molecule has 0 aliphatic carbocycles. The molecule has 2 N–H and O–H groups in total. The molecule has 2 aromatic heterocycles. The zero-order valence-corrected chi connectivity index (χ0v) is 21.0. The summed E-state index contributed by atoms with van der Waals surface area (Å²) in [7, 11) is 0. The molecule has 6 nitrogen and oxygen atoms in total. The van der Waals surface area contributed by atoms with E-state index in [4.69, 9.17) is 4.74 Å². The summed E-state index contributed by atoms with van der Waals surface area (Å²) in [4.78, 5) is 16.9. The molecule has 2 heterocycles. The highest BCUT2D eigenvalue weighted by atomic mass is 16.5. The number of phenols is 1. The standard InChI is InChI=1S/C27H27N3O2.C4H5N/c1-2-3-4-11-18-32-22-16-17-23(24(31)19-22)27-29-25(20-12-7-5-8-13-20)28-26(30-27)21-14-9-6-10-15-21;1-2-4-5-3-1/h5-10,12-17,19,31H,2-4,11,18H2,1H3;1-5H. The molecule has 5 aromatic rings. The van der Waals surface area contributed by atoms with Crippen LogP contribution in [0.3, 0.4) is 0 Å². The summed E-state index contributed by atoms with van der Waals surface area (Å²) >= 11 is 0. The van der Waals surface area contributed by atoms with Crippen LogP contribution in [-0.2, 0) is 0 Å². The first kappa shape index (κ1) is 25.6. The van der Waals surface area contributed by atoms with E-state index in [0.717, 1.165) is 24.0 Å². The number of hydrogen-bond acceptors (Lipinski definition) is 5. The number of nitrogens with zero attached hydrogens (tertiary/aromatic N) is 3. The van der Waals surface area contributed by atoms with E-state index in [2.05, 4.69) is 26.9 Å². The van der Waals surface area contributed by atoms with Crippen molar-refractivity contribution in [2.75, 3.05) is 6.61 Å². The van der Waals surface area contributed by atoms with Gasteiger partial charge >= 0.3 is 0 Å². The lowest BCUT2D eigenvalue weighted by Crippen LogP contribution is -2.01. The SMILES string of the molecule is CCCCCCOc1ccc(-c2nc(-c3ccccc3)nc(-c3ccccc3)n2)c(O)c1.c1cc[nH]c1. The summed E-state index contributed by atoms with van der Waals surface area (Å²) in [6, 6.07) is 28.7. The van der Waals surface area contributed by atoms with Crippen LogP contribution in [0.2, 0.25) is 0 Å². The van der Waals surface area contributed by atoms with Gasteiger partial charge in [-0.3, -0.25) is 0 Å². The minimum Gasteiger partial charge on any atom is -0.507 e. The van der Waals surface area contributed by atoms with E-state index in [9.17, 15) is 5.11 Å². The number of hydrogen-bond donors (Lipinski definition) is 2. The molecule has 0 aliphatic heterocycles. The molecule has 0 fully saturated rings. The van der Waals surface area contributed by atoms with Gasteiger partial charge in [0, 0.05) is 29.6 Å². The van der Waals surface area contributed by atoms with Crippen molar-refractivity contribution in [3.8, 4) is 45.7 Å². The van der Waals surface area contributed by atoms with Gasteiger partial charge in [-0.1, -0.05) is 86.8 Å². The number of rotatable bonds is 9. The van der Waals surface area contributed by atoms with E-state index >= 15 is 0 Å². The summed E-state index contributed by atoms with van der Waals surface area (Å²) in [6.07, 6.45) is 8.30. The van der Waals surface area contributed by atoms with Crippen LogP contribution in [0.15, 0.2) is 103 Å². The molecule has 0 unspecified atom stereocenters. The maximum absolute atomic E-state index is 10.7. The van der Waals surface area contributed by atoms with Crippen LogP contribution in [0.25, 0.3) is 34.2 Å². The average molecular weight is 493 g/mol. The predicted octanol–water partition coefficient (Wildman–Crippen LogP) is 7.55. The maximum atomic E-state index is 10.7. The minimum absolute atomic E-state index is 0.0836. The van der Waals surface area contributed by atoms with Crippen molar-refractivity contribution in [2.24, 2.45) is 0 Å². The highest BCUT2D eigenvalue weighted by molar-refractivity contribution is 5.70. The first-order valence-electron chi connectivity index (χ1n) is 12.7. The van der Waals surface area contributed by atoms with Crippen molar-refractivity contribution in [2.45, 2.75) is 32.6 Å². The lowest BCUT2D eigenvalue weighted by Gasteiger charge is -2.11. The Bertz CT molecular complexity index is 1270. The Morgan fingerprint density at radius 2 is 1.27 bits per heavy atom. The van der Waals surface area contributed by atoms with Crippen molar-refractivity contribution >= 4 is 0 Å². The van der Waals surface area contributed by atoms with Gasteiger partial charge < -0.3 is 14.8 Å². The van der Waals surface area contributed by atoms with Crippen LogP contribution in [0.5, 0.6) is 11.5 Å². The average Bonchev–Trinajstić information content (AvgIpc) is 3.54. The van der Waals surface area contributed by atoms with Crippen molar-refractivity contribution < 1.29 is 9.84 Å². The molecular formula is C31H32N4O2. The Morgan fingerprint density at radius 1 is 0.676 bits per heavy atom. The Balaban J connectivity index is 0.000000572. The predicted molar refractivity (Wildman–Crippen MR) is 148 cm³/mol. The van der Waals surface area contributed by atoms with Gasteiger partial charge in [0.05, 0.1) is 12.2 Å². The Hall–Kier alpha value is -4.45. The minimum atomic E-state index is 0.0836. The molecule has 0 atom stereocenters. The molecule has 0 radical (unpaired) electrons. The molecule has 0 saturated heterocycles. The molecule has 0 bridgehead atoms. The Kier molecular flexibility index (Phi) is 9.42. The van der Waals surface area contributed by atoms with E-state index in [1.165, 1.54) is 12.8 Å². The largest absolute Gasteiger partial charge is 0.507 e. The van der Waals surface area contributed by atoms with Gasteiger partial charge in [-0.05, 0) is 30.7 Å². The monoisotopic (exact) mass is 492 g/mol. The summed E-state index contributed by atoms with van der Waals surface area (Å²) < 4.78 is 5.80. The molecule has 6 heteroatoms. The van der Waals surface area contributed by atoms with Crippen molar-refractivity contribution in [1.29, 1.82) is 0 Å². The third-order valence-corrected chi connectivity index (χ3v) is 5.67. The second-order valence-corrected chi connectivity index (χ2v) is 8.51. The van der Waals surface area contributed by atoms with Crippen LogP contribution in [0, 0.1) is 0 Å². The lowest BCUT2D eigenvalue weighted by atomic mass is 10.1. The van der Waals surface area contributed by atoms with Gasteiger partial charge in [-0.25, -0.2) is 15.0 Å². The van der Waals surface area contributed by atoms with Crippen LogP contribution >= 0.6 is 0 Å². The smallest absolute Gasteiger partial charge is 0.167 e. The van der Waals surface area contributed by atoms with Crippen molar-refractivity contribution in [3.63, 3.8) is 0 Å². The number of aromatic nitrogens is 4. The van der Waals surface area contributed by atoms with Gasteiger partial charge in [0.1, 0.15) is 11.5 Å². The van der Waals surface area contributed by atoms with Crippen LogP contribution in [0.1, 0.15) is 32.6 Å². The molecule has 0 spiro atoms. The number of aromatic amines is 1. The van der Waals surface area contributed by atoms with Gasteiger partial charge in [0.25, 0.3) is 0 Å². The van der Waals surface area contributed by atoms with Crippen LogP contribution in [-0.4, -0.2) is 31.6 Å². The molecule has 5 rings (SSSR count). The van der Waals surface area contributed by atoms with Gasteiger partial charge in [-0.2, -0.15) is 0 Å².